The van der Waals surface area contributed by atoms with Crippen LogP contribution in [0.4, 0.5) is 5.69 Å². The molecule has 0 saturated carbocycles. The van der Waals surface area contributed by atoms with Crippen molar-refractivity contribution in [3.05, 3.63) is 99.5 Å². The number of rotatable bonds is 3. The average molecular weight is 370 g/mol. The standard InChI is InChI=1S/C20H13Cl2NO2/c21-14-7-5-13(6-8-14)20(23-16-11-9-15(22)10-12-16)18-4-2-1-3-17(18)19(24)25-20/h1-12,23H/t20-/m1/s1. The van der Waals surface area contributed by atoms with Gasteiger partial charge in [-0.2, -0.15) is 0 Å². The lowest BCUT2D eigenvalue weighted by atomic mass is 9.92. The molecule has 0 fully saturated rings. The molecule has 0 unspecified atom stereocenters. The van der Waals surface area contributed by atoms with Gasteiger partial charge in [0.2, 0.25) is 5.72 Å². The van der Waals surface area contributed by atoms with Crippen LogP contribution in [-0.2, 0) is 10.5 Å². The lowest BCUT2D eigenvalue weighted by Crippen LogP contribution is -2.36. The van der Waals surface area contributed by atoms with Gasteiger partial charge < -0.3 is 10.1 Å². The summed E-state index contributed by atoms with van der Waals surface area (Å²) in [5.41, 5.74) is 1.75. The molecule has 1 aliphatic heterocycles. The summed E-state index contributed by atoms with van der Waals surface area (Å²) in [5, 5.41) is 4.61. The summed E-state index contributed by atoms with van der Waals surface area (Å²) in [7, 11) is 0. The zero-order chi connectivity index (χ0) is 17.4. The lowest BCUT2D eigenvalue weighted by Gasteiger charge is -2.31. The minimum atomic E-state index is -1.12. The zero-order valence-corrected chi connectivity index (χ0v) is 14.5. The van der Waals surface area contributed by atoms with Crippen LogP contribution in [-0.4, -0.2) is 5.97 Å². The SMILES string of the molecule is O=C1O[C@](Nc2ccc(Cl)cc2)(c2ccc(Cl)cc2)c2ccccc21. The summed E-state index contributed by atoms with van der Waals surface area (Å²) in [5.74, 6) is -0.369. The maximum absolute atomic E-state index is 12.5. The minimum Gasteiger partial charge on any atom is -0.427 e. The molecule has 4 rings (SSSR count). The Bertz CT molecular complexity index is 939. The van der Waals surface area contributed by atoms with Crippen molar-refractivity contribution in [2.24, 2.45) is 0 Å². The van der Waals surface area contributed by atoms with Crippen LogP contribution < -0.4 is 5.32 Å². The molecular weight excluding hydrogens is 357 g/mol. The molecule has 0 bridgehead atoms. The number of carbonyl (C=O) groups is 1. The van der Waals surface area contributed by atoms with E-state index in [1.165, 1.54) is 0 Å². The molecule has 124 valence electrons. The third-order valence-corrected chi connectivity index (χ3v) is 4.69. The van der Waals surface area contributed by atoms with Crippen LogP contribution in [0.2, 0.25) is 10.0 Å². The van der Waals surface area contributed by atoms with E-state index in [1.807, 2.05) is 42.5 Å². The summed E-state index contributed by atoms with van der Waals surface area (Å²) >= 11 is 12.0. The number of hydrogen-bond acceptors (Lipinski definition) is 3. The maximum Gasteiger partial charge on any atom is 0.341 e. The van der Waals surface area contributed by atoms with Gasteiger partial charge in [-0.1, -0.05) is 53.5 Å². The molecule has 25 heavy (non-hydrogen) atoms. The second-order valence-corrected chi connectivity index (χ2v) is 6.63. The van der Waals surface area contributed by atoms with Crippen molar-refractivity contribution in [2.75, 3.05) is 5.32 Å². The summed E-state index contributed by atoms with van der Waals surface area (Å²) in [6.45, 7) is 0. The minimum absolute atomic E-state index is 0.369. The van der Waals surface area contributed by atoms with Gasteiger partial charge in [0, 0.05) is 26.9 Å². The van der Waals surface area contributed by atoms with Gasteiger partial charge in [0.15, 0.2) is 0 Å². The van der Waals surface area contributed by atoms with Crippen LogP contribution in [0, 0.1) is 0 Å². The molecule has 0 spiro atoms. The maximum atomic E-state index is 12.5. The molecule has 3 aromatic carbocycles. The van der Waals surface area contributed by atoms with Gasteiger partial charge in [0.05, 0.1) is 5.56 Å². The predicted octanol–water partition coefficient (Wildman–Crippen LogP) is 5.48. The number of nitrogens with one attached hydrogen (secondary N) is 1. The first-order valence-corrected chi connectivity index (χ1v) is 8.47. The number of benzene rings is 3. The van der Waals surface area contributed by atoms with Crippen LogP contribution in [0.25, 0.3) is 0 Å². The first-order chi connectivity index (χ1) is 12.1. The van der Waals surface area contributed by atoms with Crippen LogP contribution in [0.3, 0.4) is 0 Å². The molecule has 1 atom stereocenters. The highest BCUT2D eigenvalue weighted by Gasteiger charge is 2.47. The Morgan fingerprint density at radius 3 is 2.08 bits per heavy atom. The average Bonchev–Trinajstić information content (AvgIpc) is 2.91. The second kappa shape index (κ2) is 6.10. The van der Waals surface area contributed by atoms with Gasteiger partial charge >= 0.3 is 5.97 Å². The largest absolute Gasteiger partial charge is 0.427 e. The van der Waals surface area contributed by atoms with E-state index in [0.717, 1.165) is 16.8 Å². The molecule has 0 radical (unpaired) electrons. The van der Waals surface area contributed by atoms with Crippen molar-refractivity contribution in [1.29, 1.82) is 0 Å². The Morgan fingerprint density at radius 1 is 0.800 bits per heavy atom. The highest BCUT2D eigenvalue weighted by Crippen LogP contribution is 2.42. The number of ether oxygens (including phenoxy) is 1. The predicted molar refractivity (Wildman–Crippen MR) is 99.2 cm³/mol. The molecule has 0 amide bonds. The van der Waals surface area contributed by atoms with Gasteiger partial charge in [-0.25, -0.2) is 4.79 Å². The highest BCUT2D eigenvalue weighted by atomic mass is 35.5. The second-order valence-electron chi connectivity index (χ2n) is 5.76. The van der Waals surface area contributed by atoms with Crippen molar-refractivity contribution in [1.82, 2.24) is 0 Å². The topological polar surface area (TPSA) is 38.3 Å². The third kappa shape index (κ3) is 2.76. The zero-order valence-electron chi connectivity index (χ0n) is 13.0. The van der Waals surface area contributed by atoms with E-state index in [4.69, 9.17) is 27.9 Å². The van der Waals surface area contributed by atoms with Crippen molar-refractivity contribution in [3.63, 3.8) is 0 Å². The summed E-state index contributed by atoms with van der Waals surface area (Å²) in [4.78, 5) is 12.5. The normalized spacial score (nSPS) is 18.6. The molecule has 0 aromatic heterocycles. The van der Waals surface area contributed by atoms with Gasteiger partial charge in [-0.05, 0) is 42.5 Å². The molecule has 3 nitrogen and oxygen atoms in total. The Balaban J connectivity index is 1.89. The Labute approximate surface area is 155 Å². The number of hydrogen-bond donors (Lipinski definition) is 1. The van der Waals surface area contributed by atoms with Crippen LogP contribution in [0.15, 0.2) is 72.8 Å². The number of fused-ring (bicyclic) bond motifs is 1. The monoisotopic (exact) mass is 369 g/mol. The molecule has 0 saturated heterocycles. The summed E-state index contributed by atoms with van der Waals surface area (Å²) in [6.07, 6.45) is 0. The van der Waals surface area contributed by atoms with Crippen LogP contribution in [0.5, 0.6) is 0 Å². The molecule has 3 aromatic rings. The van der Waals surface area contributed by atoms with Gasteiger partial charge in [0.1, 0.15) is 0 Å². The van der Waals surface area contributed by atoms with E-state index in [1.54, 1.807) is 30.3 Å². The third-order valence-electron chi connectivity index (χ3n) is 4.19. The molecule has 5 heteroatoms. The Morgan fingerprint density at radius 2 is 1.40 bits per heavy atom. The van der Waals surface area contributed by atoms with E-state index in [0.29, 0.717) is 15.6 Å². The Kier molecular flexibility index (Phi) is 3.91. The van der Waals surface area contributed by atoms with Crippen molar-refractivity contribution in [2.45, 2.75) is 5.72 Å². The van der Waals surface area contributed by atoms with Crippen LogP contribution >= 0.6 is 23.2 Å². The summed E-state index contributed by atoms with van der Waals surface area (Å²) < 4.78 is 5.85. The van der Waals surface area contributed by atoms with E-state index in [9.17, 15) is 4.79 Å². The number of esters is 1. The van der Waals surface area contributed by atoms with Gasteiger partial charge in [-0.3, -0.25) is 0 Å². The number of halogens is 2. The fourth-order valence-electron chi connectivity index (χ4n) is 3.02. The fraction of sp³-hybridized carbons (Fsp3) is 0.0500. The summed E-state index contributed by atoms with van der Waals surface area (Å²) in [6, 6.07) is 21.8. The molecule has 1 aliphatic rings. The van der Waals surface area contributed by atoms with Crippen molar-refractivity contribution < 1.29 is 9.53 Å². The molecule has 0 aliphatic carbocycles. The molecule has 1 N–H and O–H groups in total. The van der Waals surface area contributed by atoms with E-state index in [2.05, 4.69) is 5.32 Å². The number of anilines is 1. The lowest BCUT2D eigenvalue weighted by molar-refractivity contribution is 0.0212. The highest BCUT2D eigenvalue weighted by molar-refractivity contribution is 6.30. The molecule has 1 heterocycles. The number of carbonyl (C=O) groups excluding carboxylic acids is 1. The Hall–Kier alpha value is -2.49. The van der Waals surface area contributed by atoms with Crippen molar-refractivity contribution in [3.8, 4) is 0 Å². The number of cyclic esters (lactones) is 1. The van der Waals surface area contributed by atoms with Gasteiger partial charge in [0.25, 0.3) is 0 Å². The first-order valence-electron chi connectivity index (χ1n) is 7.71. The molecular formula is C20H13Cl2NO2. The van der Waals surface area contributed by atoms with E-state index >= 15 is 0 Å². The van der Waals surface area contributed by atoms with E-state index < -0.39 is 5.72 Å². The quantitative estimate of drug-likeness (QED) is 0.621. The van der Waals surface area contributed by atoms with Crippen LogP contribution in [0.1, 0.15) is 21.5 Å². The fourth-order valence-corrected chi connectivity index (χ4v) is 3.27. The smallest absolute Gasteiger partial charge is 0.341 e. The van der Waals surface area contributed by atoms with Gasteiger partial charge in [-0.15, -0.1) is 0 Å². The van der Waals surface area contributed by atoms with E-state index in [-0.39, 0.29) is 5.97 Å². The van der Waals surface area contributed by atoms with Crippen molar-refractivity contribution >= 4 is 34.9 Å². The first kappa shape index (κ1) is 16.0.